The molecule has 0 saturated heterocycles. The van der Waals surface area contributed by atoms with Crippen LogP contribution in [0.25, 0.3) is 5.57 Å². The van der Waals surface area contributed by atoms with E-state index in [1.54, 1.807) is 0 Å². The van der Waals surface area contributed by atoms with Crippen molar-refractivity contribution < 1.29 is 0 Å². The van der Waals surface area contributed by atoms with Crippen LogP contribution in [0.15, 0.2) is 102 Å². The molecule has 1 aliphatic carbocycles. The van der Waals surface area contributed by atoms with Gasteiger partial charge in [0.2, 0.25) is 0 Å². The smallest absolute Gasteiger partial charge is 0.0309 e. The van der Waals surface area contributed by atoms with Gasteiger partial charge in [-0.2, -0.15) is 0 Å². The average molecular weight is 308 g/mol. The van der Waals surface area contributed by atoms with Crippen LogP contribution in [0.5, 0.6) is 0 Å². The molecule has 0 heterocycles. The lowest BCUT2D eigenvalue weighted by Crippen LogP contribution is -1.85. The van der Waals surface area contributed by atoms with E-state index >= 15 is 0 Å². The van der Waals surface area contributed by atoms with Crippen LogP contribution in [0.2, 0.25) is 0 Å². The summed E-state index contributed by atoms with van der Waals surface area (Å²) in [4.78, 5) is 0. The molecule has 1 aliphatic rings. The topological polar surface area (TPSA) is 0 Å². The van der Waals surface area contributed by atoms with Gasteiger partial charge in [-0.15, -0.1) is 5.73 Å². The van der Waals surface area contributed by atoms with Gasteiger partial charge in [-0.1, -0.05) is 97.9 Å². The standard InChI is InChI=1S/C24H20/c1-18-22(24(18)21-15-9-4-10-16-21)17-23(19-11-5-2-6-12-19)20-13-7-3-8-14-20/h2-16,18,24H,1H3/t18-,24-/m1/s1. The summed E-state index contributed by atoms with van der Waals surface area (Å²) in [5, 5.41) is 0. The van der Waals surface area contributed by atoms with Crippen LogP contribution in [0.1, 0.15) is 29.5 Å². The molecule has 2 atom stereocenters. The maximum atomic E-state index is 3.76. The minimum absolute atomic E-state index is 0.508. The third-order valence-corrected chi connectivity index (χ3v) is 4.77. The zero-order chi connectivity index (χ0) is 16.4. The van der Waals surface area contributed by atoms with E-state index in [-0.39, 0.29) is 0 Å². The van der Waals surface area contributed by atoms with Crippen molar-refractivity contribution in [2.45, 2.75) is 12.8 Å². The van der Waals surface area contributed by atoms with Crippen molar-refractivity contribution in [3.05, 3.63) is 119 Å². The Morgan fingerprint density at radius 2 is 1.12 bits per heavy atom. The molecular weight excluding hydrogens is 288 g/mol. The first-order chi connectivity index (χ1) is 11.8. The summed E-state index contributed by atoms with van der Waals surface area (Å²) in [5.74, 6) is 1.07. The van der Waals surface area contributed by atoms with Crippen LogP contribution in [0, 0.1) is 5.92 Å². The molecule has 116 valence electrons. The normalized spacial score (nSPS) is 18.8. The number of rotatable bonds is 3. The van der Waals surface area contributed by atoms with Gasteiger partial charge in [0.15, 0.2) is 0 Å². The lowest BCUT2D eigenvalue weighted by Gasteiger charge is -2.05. The summed E-state index contributed by atoms with van der Waals surface area (Å²) in [6.07, 6.45) is 0. The Morgan fingerprint density at radius 1 is 0.667 bits per heavy atom. The van der Waals surface area contributed by atoms with Crippen molar-refractivity contribution in [3.63, 3.8) is 0 Å². The van der Waals surface area contributed by atoms with Crippen molar-refractivity contribution in [1.82, 2.24) is 0 Å². The molecule has 3 aromatic rings. The molecule has 4 rings (SSSR count). The minimum Gasteiger partial charge on any atom is -0.112 e. The third kappa shape index (κ3) is 2.85. The van der Waals surface area contributed by atoms with Crippen molar-refractivity contribution >= 4 is 5.57 Å². The van der Waals surface area contributed by atoms with Crippen molar-refractivity contribution in [1.29, 1.82) is 0 Å². The fourth-order valence-electron chi connectivity index (χ4n) is 3.38. The van der Waals surface area contributed by atoms with Crippen LogP contribution in [0.4, 0.5) is 0 Å². The van der Waals surface area contributed by atoms with E-state index in [2.05, 4.69) is 104 Å². The van der Waals surface area contributed by atoms with E-state index in [0.29, 0.717) is 11.8 Å². The monoisotopic (exact) mass is 308 g/mol. The molecule has 0 aromatic heterocycles. The van der Waals surface area contributed by atoms with Gasteiger partial charge >= 0.3 is 0 Å². The zero-order valence-corrected chi connectivity index (χ0v) is 13.8. The van der Waals surface area contributed by atoms with Crippen LogP contribution in [-0.4, -0.2) is 0 Å². The molecule has 1 saturated carbocycles. The molecule has 0 heteroatoms. The van der Waals surface area contributed by atoms with E-state index in [4.69, 9.17) is 0 Å². The van der Waals surface area contributed by atoms with E-state index in [1.807, 2.05) is 0 Å². The molecule has 0 unspecified atom stereocenters. The molecule has 1 fully saturated rings. The Labute approximate surface area is 143 Å². The van der Waals surface area contributed by atoms with E-state index in [1.165, 1.54) is 27.8 Å². The number of hydrogen-bond acceptors (Lipinski definition) is 0. The van der Waals surface area contributed by atoms with Crippen LogP contribution in [-0.2, 0) is 0 Å². The van der Waals surface area contributed by atoms with E-state index in [9.17, 15) is 0 Å². The number of benzene rings is 3. The van der Waals surface area contributed by atoms with Crippen molar-refractivity contribution in [2.24, 2.45) is 5.92 Å². The Bertz CT molecular complexity index is 841. The summed E-state index contributed by atoms with van der Waals surface area (Å²) >= 11 is 0. The SMILES string of the molecule is C[C@@H]1C(=C=C(c2ccccc2)c2ccccc2)[C@H]1c1ccccc1. The highest BCUT2D eigenvalue weighted by Crippen LogP contribution is 2.53. The Morgan fingerprint density at radius 3 is 1.62 bits per heavy atom. The summed E-state index contributed by atoms with van der Waals surface area (Å²) < 4.78 is 0. The molecular formula is C24H20. The molecule has 0 spiro atoms. The van der Waals surface area contributed by atoms with Crippen molar-refractivity contribution in [3.8, 4) is 0 Å². The molecule has 0 radical (unpaired) electrons. The minimum atomic E-state index is 0.508. The molecule has 0 amide bonds. The number of allylic oxidation sites excluding steroid dienone is 1. The van der Waals surface area contributed by atoms with E-state index < -0.39 is 0 Å². The van der Waals surface area contributed by atoms with Gasteiger partial charge in [0.05, 0.1) is 0 Å². The second-order valence-corrected chi connectivity index (χ2v) is 6.36. The van der Waals surface area contributed by atoms with Gasteiger partial charge in [0.1, 0.15) is 0 Å². The molecule has 0 aliphatic heterocycles. The predicted molar refractivity (Wildman–Crippen MR) is 101 cm³/mol. The van der Waals surface area contributed by atoms with E-state index in [0.717, 1.165) is 0 Å². The lowest BCUT2D eigenvalue weighted by atomic mass is 9.98. The van der Waals surface area contributed by atoms with Crippen LogP contribution < -0.4 is 0 Å². The van der Waals surface area contributed by atoms with Gasteiger partial charge in [-0.05, 0) is 28.2 Å². The quantitative estimate of drug-likeness (QED) is 0.515. The summed E-state index contributed by atoms with van der Waals surface area (Å²) in [6, 6.07) is 31.9. The first-order valence-electron chi connectivity index (χ1n) is 8.51. The second kappa shape index (κ2) is 6.35. The fourth-order valence-corrected chi connectivity index (χ4v) is 3.38. The highest BCUT2D eigenvalue weighted by Gasteiger charge is 2.41. The predicted octanol–water partition coefficient (Wildman–Crippen LogP) is 6.08. The number of hydrogen-bond donors (Lipinski definition) is 0. The molecule has 0 bridgehead atoms. The van der Waals surface area contributed by atoms with Gasteiger partial charge < -0.3 is 0 Å². The zero-order valence-electron chi connectivity index (χ0n) is 13.8. The lowest BCUT2D eigenvalue weighted by molar-refractivity contribution is 0.920. The first-order valence-corrected chi connectivity index (χ1v) is 8.51. The maximum absolute atomic E-state index is 3.76. The molecule has 24 heavy (non-hydrogen) atoms. The Kier molecular flexibility index (Phi) is 3.91. The molecule has 0 nitrogen and oxygen atoms in total. The summed E-state index contributed by atoms with van der Waals surface area (Å²) in [5.41, 5.74) is 10.2. The highest BCUT2D eigenvalue weighted by atomic mass is 14.4. The van der Waals surface area contributed by atoms with Crippen LogP contribution in [0.3, 0.4) is 0 Å². The summed E-state index contributed by atoms with van der Waals surface area (Å²) in [7, 11) is 0. The Hall–Kier alpha value is -2.82. The molecule has 3 aromatic carbocycles. The Balaban J connectivity index is 1.84. The van der Waals surface area contributed by atoms with Crippen molar-refractivity contribution in [2.75, 3.05) is 0 Å². The van der Waals surface area contributed by atoms with Crippen LogP contribution >= 0.6 is 0 Å². The molecule has 0 N–H and O–H groups in total. The summed E-state index contributed by atoms with van der Waals surface area (Å²) in [6.45, 7) is 2.30. The van der Waals surface area contributed by atoms with Gasteiger partial charge in [-0.25, -0.2) is 0 Å². The third-order valence-electron chi connectivity index (χ3n) is 4.77. The highest BCUT2D eigenvalue weighted by molar-refractivity contribution is 5.80. The van der Waals surface area contributed by atoms with Gasteiger partial charge in [-0.3, -0.25) is 0 Å². The maximum Gasteiger partial charge on any atom is 0.0309 e. The second-order valence-electron chi connectivity index (χ2n) is 6.36. The largest absolute Gasteiger partial charge is 0.112 e. The fraction of sp³-hybridized carbons (Fsp3) is 0.125. The first kappa shape index (κ1) is 14.8. The average Bonchev–Trinajstić information content (AvgIpc) is 3.31. The van der Waals surface area contributed by atoms with Gasteiger partial charge in [0, 0.05) is 11.5 Å². The van der Waals surface area contributed by atoms with Gasteiger partial charge in [0.25, 0.3) is 0 Å².